The number of para-hydroxylation sites is 1. The van der Waals surface area contributed by atoms with Gasteiger partial charge in [-0.1, -0.05) is 12.1 Å². The van der Waals surface area contributed by atoms with Crippen molar-refractivity contribution in [3.05, 3.63) is 23.8 Å². The Bertz CT molecular complexity index is 302. The van der Waals surface area contributed by atoms with Crippen LogP contribution < -0.4 is 10.1 Å². The zero-order chi connectivity index (χ0) is 11.1. The summed E-state index contributed by atoms with van der Waals surface area (Å²) < 4.78 is 9.92. The molecule has 0 spiro atoms. The molecular weight excluding hydrogens is 194 g/mol. The molecule has 1 aromatic rings. The van der Waals surface area contributed by atoms with Crippen LogP contribution >= 0.6 is 0 Å². The molecule has 0 aliphatic rings. The summed E-state index contributed by atoms with van der Waals surface area (Å²) in [5, 5.41) is 12.9. The van der Waals surface area contributed by atoms with E-state index in [1.54, 1.807) is 13.2 Å². The van der Waals surface area contributed by atoms with Gasteiger partial charge >= 0.3 is 0 Å². The summed E-state index contributed by atoms with van der Waals surface area (Å²) in [6, 6.07) is 5.44. The molecule has 0 aliphatic carbocycles. The Morgan fingerprint density at radius 2 is 2.13 bits per heavy atom. The van der Waals surface area contributed by atoms with Crippen LogP contribution in [0.2, 0.25) is 0 Å². The molecule has 0 unspecified atom stereocenters. The highest BCUT2D eigenvalue weighted by atomic mass is 16.5. The predicted molar refractivity (Wildman–Crippen MR) is 58.2 cm³/mol. The van der Waals surface area contributed by atoms with Crippen LogP contribution in [0, 0.1) is 0 Å². The summed E-state index contributed by atoms with van der Waals surface area (Å²) in [6.07, 6.45) is 0. The van der Waals surface area contributed by atoms with Crippen molar-refractivity contribution in [1.82, 2.24) is 5.32 Å². The van der Waals surface area contributed by atoms with Crippen molar-refractivity contribution in [2.24, 2.45) is 0 Å². The predicted octanol–water partition coefficient (Wildman–Crippen LogP) is 1.14. The van der Waals surface area contributed by atoms with E-state index in [0.29, 0.717) is 18.9 Å². The number of methoxy groups -OCH3 is 2. The highest BCUT2D eigenvalue weighted by Gasteiger charge is 2.05. The average molecular weight is 211 g/mol. The van der Waals surface area contributed by atoms with E-state index in [1.165, 1.54) is 7.11 Å². The second-order valence-corrected chi connectivity index (χ2v) is 3.14. The monoisotopic (exact) mass is 211 g/mol. The van der Waals surface area contributed by atoms with Gasteiger partial charge in [0.1, 0.15) is 0 Å². The Kier molecular flexibility index (Phi) is 4.93. The lowest BCUT2D eigenvalue weighted by molar-refractivity contribution is 0.199. The number of hydrogen-bond acceptors (Lipinski definition) is 4. The third-order valence-electron chi connectivity index (χ3n) is 2.10. The van der Waals surface area contributed by atoms with Gasteiger partial charge in [0.2, 0.25) is 0 Å². The number of rotatable bonds is 6. The lowest BCUT2D eigenvalue weighted by Gasteiger charge is -2.09. The van der Waals surface area contributed by atoms with E-state index in [2.05, 4.69) is 5.32 Å². The Labute approximate surface area is 89.8 Å². The Hall–Kier alpha value is -1.26. The fraction of sp³-hybridized carbons (Fsp3) is 0.455. The van der Waals surface area contributed by atoms with Crippen molar-refractivity contribution in [1.29, 1.82) is 0 Å². The second-order valence-electron chi connectivity index (χ2n) is 3.14. The summed E-state index contributed by atoms with van der Waals surface area (Å²) >= 11 is 0. The number of nitrogens with one attached hydrogen (secondary N) is 1. The van der Waals surface area contributed by atoms with Gasteiger partial charge in [0.15, 0.2) is 11.5 Å². The highest BCUT2D eigenvalue weighted by molar-refractivity contribution is 5.45. The third kappa shape index (κ3) is 3.42. The summed E-state index contributed by atoms with van der Waals surface area (Å²) in [4.78, 5) is 0. The molecule has 4 heteroatoms. The minimum absolute atomic E-state index is 0.199. The standard InChI is InChI=1S/C11H17NO3/c1-14-7-6-12-8-9-4-3-5-10(15-2)11(9)13/h3-5,12-13H,6-8H2,1-2H3. The van der Waals surface area contributed by atoms with Crippen molar-refractivity contribution in [3.63, 3.8) is 0 Å². The molecular formula is C11H17NO3. The van der Waals surface area contributed by atoms with Gasteiger partial charge in [-0.15, -0.1) is 0 Å². The third-order valence-corrected chi connectivity index (χ3v) is 2.10. The fourth-order valence-electron chi connectivity index (χ4n) is 1.27. The first-order valence-electron chi connectivity index (χ1n) is 4.84. The largest absolute Gasteiger partial charge is 0.504 e. The van der Waals surface area contributed by atoms with E-state index in [-0.39, 0.29) is 5.75 Å². The first-order valence-corrected chi connectivity index (χ1v) is 4.84. The van der Waals surface area contributed by atoms with Crippen molar-refractivity contribution >= 4 is 0 Å². The maximum Gasteiger partial charge on any atom is 0.162 e. The molecule has 1 rings (SSSR count). The molecule has 0 atom stereocenters. The molecule has 0 aromatic heterocycles. The maximum atomic E-state index is 9.75. The molecule has 15 heavy (non-hydrogen) atoms. The molecule has 0 heterocycles. The Morgan fingerprint density at radius 3 is 2.80 bits per heavy atom. The first kappa shape index (κ1) is 11.8. The fourth-order valence-corrected chi connectivity index (χ4v) is 1.27. The number of ether oxygens (including phenoxy) is 2. The van der Waals surface area contributed by atoms with Crippen molar-refractivity contribution < 1.29 is 14.6 Å². The van der Waals surface area contributed by atoms with Gasteiger partial charge in [-0.05, 0) is 6.07 Å². The van der Waals surface area contributed by atoms with Crippen LogP contribution in [0.4, 0.5) is 0 Å². The molecule has 0 radical (unpaired) electrons. The molecule has 1 aromatic carbocycles. The first-order chi connectivity index (χ1) is 7.29. The average Bonchev–Trinajstić information content (AvgIpc) is 2.26. The number of phenols is 1. The molecule has 0 saturated heterocycles. The molecule has 0 bridgehead atoms. The Morgan fingerprint density at radius 1 is 1.33 bits per heavy atom. The molecule has 4 nitrogen and oxygen atoms in total. The van der Waals surface area contributed by atoms with Gasteiger partial charge in [0.25, 0.3) is 0 Å². The van der Waals surface area contributed by atoms with Crippen molar-refractivity contribution in [2.45, 2.75) is 6.54 Å². The summed E-state index contributed by atoms with van der Waals surface area (Å²) in [6.45, 7) is 2.02. The zero-order valence-corrected chi connectivity index (χ0v) is 9.12. The number of aromatic hydroxyl groups is 1. The molecule has 0 fully saturated rings. The molecule has 84 valence electrons. The van der Waals surface area contributed by atoms with E-state index < -0.39 is 0 Å². The van der Waals surface area contributed by atoms with E-state index in [9.17, 15) is 5.11 Å². The van der Waals surface area contributed by atoms with Gasteiger partial charge in [0.05, 0.1) is 13.7 Å². The number of phenolic OH excluding ortho intramolecular Hbond substituents is 1. The van der Waals surface area contributed by atoms with Gasteiger partial charge in [-0.3, -0.25) is 0 Å². The van der Waals surface area contributed by atoms with Gasteiger partial charge in [0, 0.05) is 25.8 Å². The van der Waals surface area contributed by atoms with Crippen LogP contribution in [-0.2, 0) is 11.3 Å². The summed E-state index contributed by atoms with van der Waals surface area (Å²) in [7, 11) is 3.20. The Balaban J connectivity index is 2.53. The van der Waals surface area contributed by atoms with Crippen LogP contribution in [0.3, 0.4) is 0 Å². The van der Waals surface area contributed by atoms with E-state index in [4.69, 9.17) is 9.47 Å². The van der Waals surface area contributed by atoms with Crippen LogP contribution in [0.5, 0.6) is 11.5 Å². The topological polar surface area (TPSA) is 50.7 Å². The molecule has 0 amide bonds. The van der Waals surface area contributed by atoms with Gasteiger partial charge in [-0.2, -0.15) is 0 Å². The second kappa shape index (κ2) is 6.27. The van der Waals surface area contributed by atoms with E-state index in [0.717, 1.165) is 12.1 Å². The van der Waals surface area contributed by atoms with E-state index >= 15 is 0 Å². The molecule has 2 N–H and O–H groups in total. The van der Waals surface area contributed by atoms with Crippen molar-refractivity contribution in [2.75, 3.05) is 27.4 Å². The smallest absolute Gasteiger partial charge is 0.162 e. The SMILES string of the molecule is COCCNCc1cccc(OC)c1O. The van der Waals surface area contributed by atoms with Crippen LogP contribution in [0.1, 0.15) is 5.56 Å². The van der Waals surface area contributed by atoms with Crippen LogP contribution in [0.15, 0.2) is 18.2 Å². The number of hydrogen-bond donors (Lipinski definition) is 2. The normalized spacial score (nSPS) is 10.3. The minimum Gasteiger partial charge on any atom is -0.504 e. The highest BCUT2D eigenvalue weighted by Crippen LogP contribution is 2.28. The van der Waals surface area contributed by atoms with Gasteiger partial charge in [-0.25, -0.2) is 0 Å². The summed E-state index contributed by atoms with van der Waals surface area (Å²) in [5.74, 6) is 0.700. The quantitative estimate of drug-likeness (QED) is 0.693. The van der Waals surface area contributed by atoms with Gasteiger partial charge < -0.3 is 19.9 Å². The molecule has 0 aliphatic heterocycles. The molecule has 0 saturated carbocycles. The van der Waals surface area contributed by atoms with E-state index in [1.807, 2.05) is 12.1 Å². The lowest BCUT2D eigenvalue weighted by Crippen LogP contribution is -2.18. The van der Waals surface area contributed by atoms with Crippen LogP contribution in [0.25, 0.3) is 0 Å². The number of benzene rings is 1. The maximum absolute atomic E-state index is 9.75. The minimum atomic E-state index is 0.199. The lowest BCUT2D eigenvalue weighted by atomic mass is 10.2. The zero-order valence-electron chi connectivity index (χ0n) is 9.12. The summed E-state index contributed by atoms with van der Waals surface area (Å²) in [5.41, 5.74) is 0.824. The van der Waals surface area contributed by atoms with Crippen molar-refractivity contribution in [3.8, 4) is 11.5 Å². The van der Waals surface area contributed by atoms with Crippen LogP contribution in [-0.4, -0.2) is 32.5 Å².